The van der Waals surface area contributed by atoms with Gasteiger partial charge in [0.1, 0.15) is 0 Å². The lowest BCUT2D eigenvalue weighted by atomic mass is 10.2. The van der Waals surface area contributed by atoms with Crippen molar-refractivity contribution >= 4 is 26.1 Å². The van der Waals surface area contributed by atoms with Crippen molar-refractivity contribution in [2.24, 2.45) is 0 Å². The molecule has 0 N–H and O–H groups in total. The normalized spacial score (nSPS) is 14.3. The van der Waals surface area contributed by atoms with E-state index in [2.05, 4.69) is 41.4 Å². The zero-order valence-electron chi connectivity index (χ0n) is 7.90. The highest BCUT2D eigenvalue weighted by Crippen LogP contribution is 2.08. The summed E-state index contributed by atoms with van der Waals surface area (Å²) >= 11 is 0. The van der Waals surface area contributed by atoms with Gasteiger partial charge in [0.25, 0.3) is 0 Å². The minimum absolute atomic E-state index is 0.459. The fourth-order valence-electron chi connectivity index (χ4n) is 1.93. The molecule has 68 valence electrons. The van der Waals surface area contributed by atoms with E-state index in [1.807, 2.05) is 0 Å². The Morgan fingerprint density at radius 1 is 1.21 bits per heavy atom. The molecular weight excluding hydrogens is 186 g/mol. The number of aromatic nitrogens is 1. The van der Waals surface area contributed by atoms with E-state index in [4.69, 9.17) is 0 Å². The lowest BCUT2D eigenvalue weighted by molar-refractivity contribution is 1.19. The molecule has 2 heteroatoms. The van der Waals surface area contributed by atoms with Crippen molar-refractivity contribution in [1.82, 2.24) is 4.98 Å². The second-order valence-electron chi connectivity index (χ2n) is 3.64. The lowest BCUT2D eigenvalue weighted by Gasteiger charge is -2.01. The minimum atomic E-state index is 0.459. The van der Waals surface area contributed by atoms with E-state index in [1.54, 1.807) is 0 Å². The van der Waals surface area contributed by atoms with E-state index in [0.29, 0.717) is 9.13 Å². The monoisotopic (exact) mass is 197 g/mol. The van der Waals surface area contributed by atoms with Crippen molar-refractivity contribution in [3.05, 3.63) is 40.5 Å². The van der Waals surface area contributed by atoms with Crippen LogP contribution in [0.4, 0.5) is 0 Å². The number of pyridine rings is 1. The van der Waals surface area contributed by atoms with Crippen LogP contribution >= 0.6 is 0 Å². The van der Waals surface area contributed by atoms with Crippen LogP contribution in [0.2, 0.25) is 6.04 Å². The first-order chi connectivity index (χ1) is 6.93. The summed E-state index contributed by atoms with van der Waals surface area (Å²) in [5.74, 6) is 0. The van der Waals surface area contributed by atoms with Crippen LogP contribution in [0.5, 0.6) is 0 Å². The highest BCUT2D eigenvalue weighted by molar-refractivity contribution is 6.27. The van der Waals surface area contributed by atoms with Crippen LogP contribution in [-0.4, -0.2) is 14.1 Å². The molecule has 0 unspecified atom stereocenters. The number of hydrogen-bond acceptors (Lipinski definition) is 1. The fourth-order valence-corrected chi connectivity index (χ4v) is 3.27. The molecular formula is C12H11NSi. The smallest absolute Gasteiger partial charge is 0.0709 e. The van der Waals surface area contributed by atoms with Gasteiger partial charge in [0.15, 0.2) is 0 Å². The summed E-state index contributed by atoms with van der Waals surface area (Å²) in [5, 5.41) is 2.53. The summed E-state index contributed by atoms with van der Waals surface area (Å²) in [6.45, 7) is 0. The van der Waals surface area contributed by atoms with Gasteiger partial charge in [-0.15, -0.1) is 0 Å². The van der Waals surface area contributed by atoms with Crippen molar-refractivity contribution in [3.63, 3.8) is 0 Å². The molecule has 1 aliphatic rings. The molecule has 0 radical (unpaired) electrons. The first-order valence-electron chi connectivity index (χ1n) is 5.00. The first-order valence-corrected chi connectivity index (χ1v) is 6.39. The summed E-state index contributed by atoms with van der Waals surface area (Å²) in [4.78, 5) is 6.18. The summed E-state index contributed by atoms with van der Waals surface area (Å²) in [6.07, 6.45) is 3.49. The Hall–Kier alpha value is -1.28. The summed E-state index contributed by atoms with van der Waals surface area (Å²) in [6, 6.07) is 12.1. The zero-order valence-corrected chi connectivity index (χ0v) is 9.06. The van der Waals surface area contributed by atoms with Crippen molar-refractivity contribution < 1.29 is 0 Å². The molecule has 3 rings (SSSR count). The van der Waals surface area contributed by atoms with Gasteiger partial charge in [-0.3, -0.25) is 0 Å². The number of rotatable bonds is 0. The predicted molar refractivity (Wildman–Crippen MR) is 61.2 cm³/mol. The second kappa shape index (κ2) is 3.14. The molecule has 14 heavy (non-hydrogen) atoms. The Bertz CT molecular complexity index is 547. The lowest BCUT2D eigenvalue weighted by Crippen LogP contribution is -2.13. The van der Waals surface area contributed by atoms with E-state index >= 15 is 0 Å². The van der Waals surface area contributed by atoms with Gasteiger partial charge < -0.3 is 0 Å². The number of nitrogens with zero attached hydrogens (tertiary/aromatic N) is 1. The van der Waals surface area contributed by atoms with Gasteiger partial charge >= 0.3 is 0 Å². The van der Waals surface area contributed by atoms with Crippen LogP contribution in [-0.2, 0) is 0 Å². The van der Waals surface area contributed by atoms with Gasteiger partial charge in [-0.05, 0) is 29.4 Å². The molecule has 0 spiro atoms. The molecule has 0 saturated carbocycles. The van der Waals surface area contributed by atoms with E-state index in [9.17, 15) is 0 Å². The molecule has 0 amide bonds. The molecule has 0 bridgehead atoms. The number of para-hydroxylation sites is 1. The SMILES string of the molecule is C1=c2nc3ccccc3cc2=[SiH]CC1. The highest BCUT2D eigenvalue weighted by Gasteiger charge is 1.97. The zero-order chi connectivity index (χ0) is 9.38. The molecule has 1 aromatic heterocycles. The van der Waals surface area contributed by atoms with Gasteiger partial charge in [0.2, 0.25) is 0 Å². The Morgan fingerprint density at radius 2 is 2.14 bits per heavy atom. The standard InChI is InChI=1S/C12H11NSi/c1-2-5-10-9(4-1)8-12-11(13-10)6-3-7-14-12/h1-2,4-6,8,14H,3,7H2. The molecule has 0 aliphatic carbocycles. The molecule has 0 saturated heterocycles. The van der Waals surface area contributed by atoms with E-state index in [-0.39, 0.29) is 0 Å². The number of benzene rings is 1. The molecule has 0 fully saturated rings. The Morgan fingerprint density at radius 3 is 3.14 bits per heavy atom. The predicted octanol–water partition coefficient (Wildman–Crippen LogP) is 1.52. The summed E-state index contributed by atoms with van der Waals surface area (Å²) < 4.78 is 0. The van der Waals surface area contributed by atoms with Crippen molar-refractivity contribution in [2.75, 3.05) is 0 Å². The maximum absolute atomic E-state index is 4.68. The average molecular weight is 197 g/mol. The molecule has 2 heterocycles. The summed E-state index contributed by atoms with van der Waals surface area (Å²) in [7, 11) is 0.459. The van der Waals surface area contributed by atoms with Crippen molar-refractivity contribution in [2.45, 2.75) is 12.5 Å². The van der Waals surface area contributed by atoms with Crippen molar-refractivity contribution in [3.8, 4) is 0 Å². The molecule has 1 aliphatic heterocycles. The largest absolute Gasteiger partial charge is 0.249 e. The average Bonchev–Trinajstić information content (AvgIpc) is 2.26. The van der Waals surface area contributed by atoms with E-state index in [1.165, 1.54) is 28.0 Å². The van der Waals surface area contributed by atoms with Gasteiger partial charge in [0, 0.05) is 14.5 Å². The van der Waals surface area contributed by atoms with Crippen LogP contribution in [0, 0.1) is 4.81 Å². The van der Waals surface area contributed by atoms with Crippen molar-refractivity contribution in [1.29, 1.82) is 0 Å². The van der Waals surface area contributed by atoms with E-state index < -0.39 is 0 Å². The molecule has 1 aromatic carbocycles. The maximum atomic E-state index is 4.68. The Labute approximate surface area is 84.5 Å². The van der Waals surface area contributed by atoms with Gasteiger partial charge in [-0.2, -0.15) is 0 Å². The van der Waals surface area contributed by atoms with Crippen LogP contribution in [0.3, 0.4) is 0 Å². The second-order valence-corrected chi connectivity index (χ2v) is 5.25. The van der Waals surface area contributed by atoms with Gasteiger partial charge in [-0.1, -0.05) is 24.3 Å². The Balaban J connectivity index is 2.51. The fraction of sp³-hybridized carbons (Fsp3) is 0.167. The van der Waals surface area contributed by atoms with E-state index in [0.717, 1.165) is 5.52 Å². The van der Waals surface area contributed by atoms with Crippen LogP contribution in [0.25, 0.3) is 17.0 Å². The van der Waals surface area contributed by atoms with Crippen LogP contribution < -0.4 is 5.35 Å². The third-order valence-electron chi connectivity index (χ3n) is 2.65. The number of hydrogen-bond donors (Lipinski definition) is 0. The van der Waals surface area contributed by atoms with Crippen LogP contribution in [0.1, 0.15) is 6.42 Å². The maximum Gasteiger partial charge on any atom is 0.0709 e. The van der Waals surface area contributed by atoms with Gasteiger partial charge in [0.05, 0.1) is 10.9 Å². The molecule has 0 atom stereocenters. The quantitative estimate of drug-likeness (QED) is 0.584. The highest BCUT2D eigenvalue weighted by atomic mass is 28.2. The summed E-state index contributed by atoms with van der Waals surface area (Å²) in [5.41, 5.74) is 1.13. The molecule has 2 aromatic rings. The Kier molecular flexibility index (Phi) is 1.81. The topological polar surface area (TPSA) is 12.9 Å². The first kappa shape index (κ1) is 8.06. The third-order valence-corrected chi connectivity index (χ3v) is 4.18. The number of fused-ring (bicyclic) bond motifs is 2. The molecule has 1 nitrogen and oxygen atoms in total. The van der Waals surface area contributed by atoms with Gasteiger partial charge in [-0.25, -0.2) is 4.98 Å². The van der Waals surface area contributed by atoms with Crippen LogP contribution in [0.15, 0.2) is 30.3 Å². The minimum Gasteiger partial charge on any atom is -0.249 e. The third kappa shape index (κ3) is 1.23.